The van der Waals surface area contributed by atoms with Crippen molar-refractivity contribution in [2.75, 3.05) is 63.1 Å². The summed E-state index contributed by atoms with van der Waals surface area (Å²) in [5.74, 6) is -1.68. The topological polar surface area (TPSA) is 372 Å². The van der Waals surface area contributed by atoms with Gasteiger partial charge in [0.15, 0.2) is 0 Å². The maximum absolute atomic E-state index is 11.9. The Morgan fingerprint density at radius 1 is 0.576 bits per heavy atom. The van der Waals surface area contributed by atoms with Gasteiger partial charge in [-0.15, -0.1) is 0 Å². The van der Waals surface area contributed by atoms with E-state index in [2.05, 4.69) is 43.5 Å². The van der Waals surface area contributed by atoms with Gasteiger partial charge in [0.2, 0.25) is 17.7 Å². The van der Waals surface area contributed by atoms with E-state index in [4.69, 9.17) is 10.8 Å². The fraction of sp³-hybridized carbons (Fsp3) is 0.590. The van der Waals surface area contributed by atoms with Gasteiger partial charge in [0, 0.05) is 87.0 Å². The number of anilines is 2. The summed E-state index contributed by atoms with van der Waals surface area (Å²) in [4.78, 5) is 66.9. The Balaban J connectivity index is 0.00000108. The third kappa shape index (κ3) is 38.4. The molecule has 0 aliphatic heterocycles. The number of hydrogen-bond acceptors (Lipinski definition) is 17. The van der Waals surface area contributed by atoms with Crippen LogP contribution in [0.2, 0.25) is 0 Å². The molecule has 2 aromatic carbocycles. The average Bonchev–Trinajstić information content (AvgIpc) is 3.27. The molecule has 27 heteroatoms. The zero-order chi connectivity index (χ0) is 49.6. The zero-order valence-corrected chi connectivity index (χ0v) is 40.7. The van der Waals surface area contributed by atoms with E-state index in [1.54, 1.807) is 48.5 Å². The van der Waals surface area contributed by atoms with E-state index in [1.807, 2.05) is 0 Å². The Bertz CT molecular complexity index is 1820. The molecule has 0 aromatic heterocycles. The van der Waals surface area contributed by atoms with Crippen molar-refractivity contribution in [2.45, 2.75) is 96.3 Å². The zero-order valence-electron chi connectivity index (χ0n) is 37.2. The first-order chi connectivity index (χ1) is 31.3. The lowest BCUT2D eigenvalue weighted by Crippen LogP contribution is -2.29. The van der Waals surface area contributed by atoms with E-state index < -0.39 is 44.1 Å². The van der Waals surface area contributed by atoms with E-state index in [0.29, 0.717) is 56.8 Å². The number of rotatable bonds is 34. The first kappa shape index (κ1) is 62.3. The Kier molecular flexibility index (Phi) is 36.2. The summed E-state index contributed by atoms with van der Waals surface area (Å²) in [5, 5.41) is 16.6. The van der Waals surface area contributed by atoms with Crippen LogP contribution in [0.1, 0.15) is 94.6 Å². The number of phosphoric acid groups is 2. The van der Waals surface area contributed by atoms with Crippen molar-refractivity contribution in [2.24, 2.45) is 5.73 Å². The van der Waals surface area contributed by atoms with Crippen molar-refractivity contribution in [3.05, 3.63) is 59.7 Å². The first-order valence-corrected chi connectivity index (χ1v) is 26.0. The molecule has 0 spiro atoms. The Labute approximate surface area is 391 Å². The van der Waals surface area contributed by atoms with Gasteiger partial charge in [0.05, 0.1) is 19.6 Å². The predicted octanol–water partition coefficient (Wildman–Crippen LogP) is 2.58. The van der Waals surface area contributed by atoms with Crippen LogP contribution in [0.25, 0.3) is 0 Å². The van der Waals surface area contributed by atoms with E-state index in [9.17, 15) is 55.6 Å². The molecule has 0 saturated heterocycles. The van der Waals surface area contributed by atoms with E-state index in [-0.39, 0.29) is 56.6 Å². The molecule has 8 N–H and O–H groups in total. The molecule has 2 aromatic rings. The minimum absolute atomic E-state index is 0.0342. The van der Waals surface area contributed by atoms with E-state index >= 15 is 0 Å². The number of benzene rings is 2. The largest absolute Gasteiger partial charge is 0.756 e. The maximum Gasteiger partial charge on any atom is 0.303 e. The van der Waals surface area contributed by atoms with Crippen molar-refractivity contribution in [3.8, 4) is 0 Å². The summed E-state index contributed by atoms with van der Waals surface area (Å²) in [6.45, 7) is 2.32. The fourth-order valence-corrected chi connectivity index (χ4v) is 6.69. The molecule has 2 rings (SSSR count). The van der Waals surface area contributed by atoms with Crippen LogP contribution in [0.15, 0.2) is 48.5 Å². The second kappa shape index (κ2) is 38.3. The molecular weight excluding hydrogens is 951 g/mol. The Morgan fingerprint density at radius 2 is 0.924 bits per heavy atom. The number of amides is 3. The van der Waals surface area contributed by atoms with Crippen LogP contribution in [-0.2, 0) is 81.8 Å². The number of carbonyl (C=O) groups excluding carboxylic acids is 3. The molecule has 0 fully saturated rings. The van der Waals surface area contributed by atoms with Gasteiger partial charge in [-0.25, -0.2) is 0 Å². The molecule has 0 heterocycles. The number of nitrogens with two attached hydrogens (primary N) is 1. The molecule has 378 valence electrons. The standard InChI is InChI=1S/C20H34N3O8PS.C12H16N2O5S.C7H18NO4P/c1-30-32(26,27)31-16-6-4-2-3-5-14-21-19(24)11-12-20(25)22-15-13-17-7-9-18(10-8-17)23-33(28)29;15-11(5-6-12(16)17)13-8-7-9-1-3-10(4-2-9)14-20(18)19;1-11-13(9,10)12-7-5-3-2-4-6-8/h7-10,23H,2-6,11-16H2,1H3,(H,21,24)(H,22,25)(H,26,27)(H,28,29);1-4,14H,5-8H2,(H,13,15)(H,16,17)(H,18,19);2-8H2,1H3,(H,9,10)/p-4. The molecule has 0 saturated carbocycles. The fourth-order valence-electron chi connectivity index (χ4n) is 5.12. The third-order valence-corrected chi connectivity index (χ3v) is 11.3. The molecule has 3 amide bonds. The van der Waals surface area contributed by atoms with Gasteiger partial charge >= 0.3 is 5.97 Å². The Hall–Kier alpha value is -3.68. The van der Waals surface area contributed by atoms with Crippen LogP contribution in [0.5, 0.6) is 0 Å². The lowest BCUT2D eigenvalue weighted by molar-refractivity contribution is -0.224. The normalized spacial score (nSPS) is 13.4. The van der Waals surface area contributed by atoms with Crippen LogP contribution in [0, 0.1) is 0 Å². The van der Waals surface area contributed by atoms with Crippen molar-refractivity contribution < 1.29 is 78.8 Å². The number of carboxylic acid groups (broad SMARTS) is 1. The Morgan fingerprint density at radius 3 is 1.29 bits per heavy atom. The predicted molar refractivity (Wildman–Crippen MR) is 242 cm³/mol. The van der Waals surface area contributed by atoms with Crippen LogP contribution < -0.4 is 40.9 Å². The van der Waals surface area contributed by atoms with E-state index in [0.717, 1.165) is 76.7 Å². The highest BCUT2D eigenvalue weighted by Gasteiger charge is 2.09. The minimum Gasteiger partial charge on any atom is -0.756 e. The molecule has 66 heavy (non-hydrogen) atoms. The molecule has 0 radical (unpaired) electrons. The van der Waals surface area contributed by atoms with Crippen molar-refractivity contribution in [1.82, 2.24) is 16.0 Å². The van der Waals surface area contributed by atoms with Gasteiger partial charge in [0.1, 0.15) is 0 Å². The number of nitrogens with one attached hydrogen (secondary N) is 5. The monoisotopic (exact) mass is 1010 g/mol. The highest BCUT2D eigenvalue weighted by atomic mass is 32.2. The van der Waals surface area contributed by atoms with Crippen LogP contribution in [-0.4, -0.2) is 99.9 Å². The SMILES string of the molecule is COP(=O)([O-])OCCCCCCCNC(=O)CCC(=O)NCCc1ccc(NS(=O)[O-])cc1.COP(=O)([O-])OCCCCCCN.O=C(O)CCC(=O)NCCc1ccc(NS(=O)[O-])cc1. The highest BCUT2D eigenvalue weighted by Crippen LogP contribution is 2.37. The number of phosphoric ester groups is 2. The van der Waals surface area contributed by atoms with Gasteiger partial charge in [-0.1, -0.05) is 56.4 Å². The summed E-state index contributed by atoms with van der Waals surface area (Å²) >= 11 is -4.71. The number of aliphatic carboxylic acids is 1. The van der Waals surface area contributed by atoms with Gasteiger partial charge in [-0.05, 0) is 80.5 Å². The molecule has 0 aliphatic carbocycles. The number of unbranched alkanes of at least 4 members (excludes halogenated alkanes) is 7. The summed E-state index contributed by atoms with van der Waals surface area (Å²) in [6, 6.07) is 13.6. The van der Waals surface area contributed by atoms with Crippen molar-refractivity contribution in [1.29, 1.82) is 0 Å². The van der Waals surface area contributed by atoms with Crippen LogP contribution >= 0.6 is 15.6 Å². The minimum atomic E-state index is -4.14. The maximum atomic E-state index is 11.9. The third-order valence-electron chi connectivity index (χ3n) is 8.61. The summed E-state index contributed by atoms with van der Waals surface area (Å²) < 4.78 is 85.5. The summed E-state index contributed by atoms with van der Waals surface area (Å²) in [5.41, 5.74) is 8.10. The lowest BCUT2D eigenvalue weighted by Gasteiger charge is -2.19. The van der Waals surface area contributed by atoms with Gasteiger partial charge < -0.3 is 73.2 Å². The molecule has 4 unspecified atom stereocenters. The van der Waals surface area contributed by atoms with Gasteiger partial charge in [-0.3, -0.25) is 36.7 Å². The van der Waals surface area contributed by atoms with E-state index in [1.165, 1.54) is 0 Å². The lowest BCUT2D eigenvalue weighted by atomic mass is 10.1. The number of hydrogen-bond donors (Lipinski definition) is 7. The highest BCUT2D eigenvalue weighted by molar-refractivity contribution is 7.80. The smallest absolute Gasteiger partial charge is 0.303 e. The van der Waals surface area contributed by atoms with Crippen molar-refractivity contribution >= 4 is 73.2 Å². The number of carbonyl (C=O) groups is 4. The molecular formula is C39H64N6O17P2S2-4. The average molecular weight is 1020 g/mol. The molecule has 0 aliphatic rings. The van der Waals surface area contributed by atoms with Crippen LogP contribution in [0.3, 0.4) is 0 Å². The molecule has 4 atom stereocenters. The second-order valence-electron chi connectivity index (χ2n) is 13.9. The number of carboxylic acids is 1. The molecule has 0 bridgehead atoms. The molecule has 23 nitrogen and oxygen atoms in total. The summed E-state index contributed by atoms with van der Waals surface area (Å²) in [6.07, 6.45) is 8.84. The first-order valence-electron chi connectivity index (χ1n) is 21.0. The van der Waals surface area contributed by atoms with Gasteiger partial charge in [-0.2, -0.15) is 0 Å². The summed E-state index contributed by atoms with van der Waals surface area (Å²) in [7, 11) is -6.00. The van der Waals surface area contributed by atoms with Gasteiger partial charge in [0.25, 0.3) is 15.6 Å². The van der Waals surface area contributed by atoms with Crippen LogP contribution in [0.4, 0.5) is 11.4 Å². The van der Waals surface area contributed by atoms with Crippen molar-refractivity contribution in [3.63, 3.8) is 0 Å². The quantitative estimate of drug-likeness (QED) is 0.0301. The second-order valence-corrected chi connectivity index (χ2v) is 18.3.